The van der Waals surface area contributed by atoms with Gasteiger partial charge < -0.3 is 24.9 Å². The summed E-state index contributed by atoms with van der Waals surface area (Å²) in [6, 6.07) is 27.5. The molecule has 0 atom stereocenters. The number of benzene rings is 5. The van der Waals surface area contributed by atoms with E-state index in [1.54, 1.807) is 48.6 Å². The van der Waals surface area contributed by atoms with Crippen LogP contribution in [-0.2, 0) is 4.79 Å². The van der Waals surface area contributed by atoms with Crippen molar-refractivity contribution >= 4 is 56.1 Å². The summed E-state index contributed by atoms with van der Waals surface area (Å²) in [5, 5.41) is 20.7. The van der Waals surface area contributed by atoms with Crippen LogP contribution in [0.2, 0.25) is 0 Å². The molecule has 0 aliphatic heterocycles. The van der Waals surface area contributed by atoms with Crippen LogP contribution < -0.4 is 21.0 Å². The van der Waals surface area contributed by atoms with Crippen LogP contribution in [0.15, 0.2) is 126 Å². The number of carbonyl (C=O) groups excluding carboxylic acids is 2. The first-order valence-corrected chi connectivity index (χ1v) is 14.5. The number of rotatable bonds is 9. The van der Waals surface area contributed by atoms with Crippen LogP contribution in [0.3, 0.4) is 0 Å². The second-order valence-corrected chi connectivity index (χ2v) is 10.4. The van der Waals surface area contributed by atoms with Gasteiger partial charge in [-0.1, -0.05) is 58.7 Å². The Morgan fingerprint density at radius 1 is 0.755 bits per heavy atom. The summed E-state index contributed by atoms with van der Waals surface area (Å²) in [6.45, 7) is 10.0. The topological polar surface area (TPSA) is 118 Å². The minimum Gasteiger partial charge on any atom is -0.507 e. The molecule has 0 amide bonds. The molecular weight excluding hydrogens is 616 g/mol. The Balaban J connectivity index is 0.000000360. The zero-order chi connectivity index (χ0) is 32.6. The van der Waals surface area contributed by atoms with Crippen molar-refractivity contribution in [1.82, 2.24) is 0 Å². The summed E-state index contributed by atoms with van der Waals surface area (Å²) < 4.78 is 10.6. The number of hydrogen-bond acceptors (Lipinski definition) is 8. The van der Waals surface area contributed by atoms with Crippen molar-refractivity contribution in [3.8, 4) is 22.6 Å². The van der Waals surface area contributed by atoms with E-state index in [-0.39, 0.29) is 28.0 Å². The Labute approximate surface area is 287 Å². The van der Waals surface area contributed by atoms with Gasteiger partial charge in [-0.05, 0) is 93.8 Å². The molecule has 0 aliphatic rings. The summed E-state index contributed by atoms with van der Waals surface area (Å²) in [4.78, 5) is 34.3. The van der Waals surface area contributed by atoms with Gasteiger partial charge in [-0.25, -0.2) is 4.79 Å². The second kappa shape index (κ2) is 17.7. The number of nitrogens with one attached hydrogen (secondary N) is 2. The van der Waals surface area contributed by atoms with Gasteiger partial charge in [0.05, 0.1) is 11.1 Å². The molecule has 6 rings (SSSR count). The summed E-state index contributed by atoms with van der Waals surface area (Å²) in [5.74, 6) is 0.0457. The van der Waals surface area contributed by atoms with Crippen LogP contribution in [-0.4, -0.2) is 30.5 Å². The summed E-state index contributed by atoms with van der Waals surface area (Å²) in [5.41, 5.74) is 3.50. The van der Waals surface area contributed by atoms with Crippen LogP contribution in [0.1, 0.15) is 39.6 Å². The van der Waals surface area contributed by atoms with Crippen molar-refractivity contribution in [2.24, 2.45) is 0 Å². The monoisotopic (exact) mass is 660 g/mol. The molecule has 0 saturated carbocycles. The average molecular weight is 661 g/mol. The SMILES string of the molecule is C.C.C.C=CCNc1ccc2cc(C=O)c(O)cc2c1.C=CCNc1ccc2cc3cc(-c4ccc(OC(C)=O)cc4)c(=O)oc3cc2c1. The fourth-order valence-corrected chi connectivity index (χ4v) is 4.93. The molecule has 1 heterocycles. The van der Waals surface area contributed by atoms with E-state index in [9.17, 15) is 19.5 Å². The molecule has 5 aromatic carbocycles. The highest BCUT2D eigenvalue weighted by molar-refractivity contribution is 5.98. The number of fused-ring (bicyclic) bond motifs is 3. The molecule has 0 aliphatic carbocycles. The predicted octanol–water partition coefficient (Wildman–Crippen LogP) is 10.0. The zero-order valence-electron chi connectivity index (χ0n) is 25.2. The van der Waals surface area contributed by atoms with Crippen LogP contribution in [0.5, 0.6) is 11.5 Å². The van der Waals surface area contributed by atoms with Gasteiger partial charge in [-0.15, -0.1) is 13.2 Å². The van der Waals surface area contributed by atoms with Gasteiger partial charge >= 0.3 is 11.6 Å². The number of aromatic hydroxyl groups is 1. The van der Waals surface area contributed by atoms with E-state index in [2.05, 4.69) is 23.8 Å². The fraction of sp³-hybridized carbons (Fsp3) is 0.146. The first-order valence-electron chi connectivity index (χ1n) is 14.5. The van der Waals surface area contributed by atoms with Gasteiger partial charge in [0.15, 0.2) is 6.29 Å². The van der Waals surface area contributed by atoms with Crippen molar-refractivity contribution in [1.29, 1.82) is 0 Å². The molecule has 0 bridgehead atoms. The molecule has 8 heteroatoms. The number of ether oxygens (including phenoxy) is 1. The van der Waals surface area contributed by atoms with E-state index in [1.165, 1.54) is 6.92 Å². The van der Waals surface area contributed by atoms with Gasteiger partial charge in [0.2, 0.25) is 0 Å². The lowest BCUT2D eigenvalue weighted by atomic mass is 10.0. The van der Waals surface area contributed by atoms with Crippen LogP contribution in [0.4, 0.5) is 11.4 Å². The zero-order valence-corrected chi connectivity index (χ0v) is 25.2. The molecule has 1 aromatic heterocycles. The summed E-state index contributed by atoms with van der Waals surface area (Å²) in [6.07, 6.45) is 4.22. The third-order valence-corrected chi connectivity index (χ3v) is 7.13. The molecule has 6 aromatic rings. The molecule has 3 N–H and O–H groups in total. The Kier molecular flexibility index (Phi) is 14.1. The Hall–Kier alpha value is -6.15. The second-order valence-electron chi connectivity index (χ2n) is 10.4. The van der Waals surface area contributed by atoms with E-state index in [4.69, 9.17) is 9.15 Å². The number of esters is 1. The molecule has 0 saturated heterocycles. The van der Waals surface area contributed by atoms with Gasteiger partial charge in [0, 0.05) is 36.8 Å². The number of aldehydes is 1. The van der Waals surface area contributed by atoms with E-state index in [1.807, 2.05) is 54.6 Å². The minimum atomic E-state index is -0.418. The molecule has 0 radical (unpaired) electrons. The van der Waals surface area contributed by atoms with E-state index < -0.39 is 11.6 Å². The fourth-order valence-electron chi connectivity index (χ4n) is 4.93. The van der Waals surface area contributed by atoms with Gasteiger partial charge in [0.1, 0.15) is 17.1 Å². The molecule has 0 unspecified atom stereocenters. The quantitative estimate of drug-likeness (QED) is 0.0350. The molecule has 0 spiro atoms. The number of anilines is 2. The minimum absolute atomic E-state index is 0. The Morgan fingerprint density at radius 3 is 1.88 bits per heavy atom. The number of phenols is 1. The molecule has 0 fully saturated rings. The van der Waals surface area contributed by atoms with Crippen molar-refractivity contribution in [3.63, 3.8) is 0 Å². The highest BCUT2D eigenvalue weighted by Gasteiger charge is 2.10. The van der Waals surface area contributed by atoms with Crippen LogP contribution in [0.25, 0.3) is 43.6 Å². The Morgan fingerprint density at radius 2 is 1.33 bits per heavy atom. The molecule has 8 nitrogen and oxygen atoms in total. The normalized spacial score (nSPS) is 9.90. The lowest BCUT2D eigenvalue weighted by Gasteiger charge is -2.08. The first kappa shape index (κ1) is 39.0. The van der Waals surface area contributed by atoms with Crippen LogP contribution in [0, 0.1) is 0 Å². The summed E-state index contributed by atoms with van der Waals surface area (Å²) in [7, 11) is 0. The van der Waals surface area contributed by atoms with E-state index in [0.29, 0.717) is 47.4 Å². The molecular formula is C41H44N2O6. The van der Waals surface area contributed by atoms with Gasteiger partial charge in [0.25, 0.3) is 0 Å². The van der Waals surface area contributed by atoms with Crippen LogP contribution >= 0.6 is 0 Å². The smallest absolute Gasteiger partial charge is 0.344 e. The standard InChI is InChI=1S/C24H19NO4.C14H13NO2.3CH4/c1-3-10-25-20-7-4-17-11-19-13-22(24(27)29-23(19)14-18(17)12-20)16-5-8-21(9-6-16)28-15(2)26;1-2-5-15-13-4-3-10-6-12(9-16)14(17)8-11(10)7-13;;;/h3-9,11-14,25H,1,10H2,2H3;2-4,6-9,15,17H,1,5H2;3*1H4. The first-order chi connectivity index (χ1) is 22.3. The maximum atomic E-state index is 12.6. The largest absolute Gasteiger partial charge is 0.507 e. The third kappa shape index (κ3) is 9.45. The van der Waals surface area contributed by atoms with E-state index in [0.717, 1.165) is 38.3 Å². The van der Waals surface area contributed by atoms with Crippen molar-refractivity contribution in [3.05, 3.63) is 132 Å². The lowest BCUT2D eigenvalue weighted by molar-refractivity contribution is -0.131. The number of carbonyl (C=O) groups is 2. The van der Waals surface area contributed by atoms with Crippen molar-refractivity contribution < 1.29 is 23.8 Å². The average Bonchev–Trinajstić information content (AvgIpc) is 3.05. The maximum Gasteiger partial charge on any atom is 0.344 e. The lowest BCUT2D eigenvalue weighted by Crippen LogP contribution is -2.03. The van der Waals surface area contributed by atoms with Crippen molar-refractivity contribution in [2.75, 3.05) is 23.7 Å². The number of phenolic OH excluding ortho intramolecular Hbond substituents is 1. The number of hydrogen-bond donors (Lipinski definition) is 3. The highest BCUT2D eigenvalue weighted by atomic mass is 16.5. The summed E-state index contributed by atoms with van der Waals surface area (Å²) >= 11 is 0. The predicted molar refractivity (Wildman–Crippen MR) is 205 cm³/mol. The molecule has 254 valence electrons. The highest BCUT2D eigenvalue weighted by Crippen LogP contribution is 2.29. The van der Waals surface area contributed by atoms with E-state index >= 15 is 0 Å². The Bertz CT molecular complexity index is 2150. The molecule has 49 heavy (non-hydrogen) atoms. The third-order valence-electron chi connectivity index (χ3n) is 7.13. The van der Waals surface area contributed by atoms with Crippen molar-refractivity contribution in [2.45, 2.75) is 29.2 Å². The van der Waals surface area contributed by atoms with Gasteiger partial charge in [-0.3, -0.25) is 9.59 Å². The van der Waals surface area contributed by atoms with Gasteiger partial charge in [-0.2, -0.15) is 0 Å². The maximum absolute atomic E-state index is 12.6.